The summed E-state index contributed by atoms with van der Waals surface area (Å²) in [6.07, 6.45) is -0.488. The van der Waals surface area contributed by atoms with E-state index in [9.17, 15) is 14.4 Å². The van der Waals surface area contributed by atoms with Gasteiger partial charge in [-0.25, -0.2) is 0 Å². The molecule has 0 bridgehead atoms. The first-order valence-electron chi connectivity index (χ1n) is 9.20. The highest BCUT2D eigenvalue weighted by molar-refractivity contribution is 6.00. The second kappa shape index (κ2) is 8.39. The zero-order chi connectivity index (χ0) is 19.4. The molecule has 0 unspecified atom stereocenters. The van der Waals surface area contributed by atoms with Crippen LogP contribution in [0.1, 0.15) is 20.3 Å². The van der Waals surface area contributed by atoms with Crippen molar-refractivity contribution in [3.63, 3.8) is 0 Å². The van der Waals surface area contributed by atoms with Crippen molar-refractivity contribution >= 4 is 23.4 Å². The second-order valence-corrected chi connectivity index (χ2v) is 6.69. The molecule has 0 radical (unpaired) electrons. The average molecular weight is 375 g/mol. The summed E-state index contributed by atoms with van der Waals surface area (Å²) in [5, 5.41) is 2.73. The van der Waals surface area contributed by atoms with E-state index < -0.39 is 12.1 Å². The number of rotatable bonds is 5. The molecule has 0 aliphatic carbocycles. The van der Waals surface area contributed by atoms with Crippen LogP contribution in [0.25, 0.3) is 0 Å². The normalized spacial score (nSPS) is 20.5. The van der Waals surface area contributed by atoms with Gasteiger partial charge in [0, 0.05) is 26.1 Å². The van der Waals surface area contributed by atoms with E-state index in [1.807, 2.05) is 12.1 Å². The van der Waals surface area contributed by atoms with Crippen molar-refractivity contribution in [3.8, 4) is 5.75 Å². The van der Waals surface area contributed by atoms with Crippen LogP contribution in [0.3, 0.4) is 0 Å². The fraction of sp³-hybridized carbons (Fsp3) is 0.526. The Balaban J connectivity index is 1.55. The van der Waals surface area contributed by atoms with E-state index in [-0.39, 0.29) is 30.7 Å². The number of amides is 3. The summed E-state index contributed by atoms with van der Waals surface area (Å²) < 4.78 is 10.8. The number of ether oxygens (including phenoxy) is 2. The molecule has 1 N–H and O–H groups in total. The van der Waals surface area contributed by atoms with E-state index in [1.165, 1.54) is 0 Å². The maximum absolute atomic E-state index is 12.4. The molecule has 2 heterocycles. The van der Waals surface area contributed by atoms with Gasteiger partial charge in [-0.1, -0.05) is 12.1 Å². The van der Waals surface area contributed by atoms with Gasteiger partial charge in [-0.3, -0.25) is 14.4 Å². The van der Waals surface area contributed by atoms with E-state index in [0.717, 1.165) is 0 Å². The minimum absolute atomic E-state index is 0.105. The zero-order valence-electron chi connectivity index (χ0n) is 15.6. The van der Waals surface area contributed by atoms with Crippen molar-refractivity contribution in [1.82, 2.24) is 10.2 Å². The first-order chi connectivity index (χ1) is 13.0. The molecule has 0 spiro atoms. The van der Waals surface area contributed by atoms with Gasteiger partial charge in [0.05, 0.1) is 18.9 Å². The maximum atomic E-state index is 12.4. The number of para-hydroxylation sites is 2. The zero-order valence-corrected chi connectivity index (χ0v) is 15.6. The van der Waals surface area contributed by atoms with E-state index >= 15 is 0 Å². The molecule has 8 nitrogen and oxygen atoms in total. The fourth-order valence-electron chi connectivity index (χ4n) is 3.24. The number of nitrogens with one attached hydrogen (secondary N) is 1. The number of hydrogen-bond donors (Lipinski definition) is 1. The maximum Gasteiger partial charge on any atom is 0.267 e. The Kier molecular flexibility index (Phi) is 5.95. The second-order valence-electron chi connectivity index (χ2n) is 6.69. The van der Waals surface area contributed by atoms with Crippen molar-refractivity contribution in [2.45, 2.75) is 32.4 Å². The molecular weight excluding hydrogens is 350 g/mol. The molecule has 2 aliphatic heterocycles. The van der Waals surface area contributed by atoms with Crippen LogP contribution in [0.5, 0.6) is 5.75 Å². The largest absolute Gasteiger partial charge is 0.479 e. The van der Waals surface area contributed by atoms with Crippen molar-refractivity contribution in [2.24, 2.45) is 0 Å². The van der Waals surface area contributed by atoms with Crippen LogP contribution >= 0.6 is 0 Å². The van der Waals surface area contributed by atoms with Crippen molar-refractivity contribution < 1.29 is 23.9 Å². The Morgan fingerprint density at radius 3 is 2.70 bits per heavy atom. The van der Waals surface area contributed by atoms with Crippen LogP contribution in [-0.4, -0.2) is 67.6 Å². The lowest BCUT2D eigenvalue weighted by molar-refractivity contribution is -0.139. The van der Waals surface area contributed by atoms with Crippen LogP contribution in [0, 0.1) is 0 Å². The van der Waals surface area contributed by atoms with Crippen LogP contribution in [0.2, 0.25) is 0 Å². The number of nitrogens with zero attached hydrogens (tertiary/aromatic N) is 2. The monoisotopic (exact) mass is 375 g/mol. The Morgan fingerprint density at radius 2 is 1.96 bits per heavy atom. The van der Waals surface area contributed by atoms with E-state index in [0.29, 0.717) is 37.7 Å². The molecule has 2 aliphatic rings. The minimum atomic E-state index is -0.609. The van der Waals surface area contributed by atoms with Gasteiger partial charge in [0.25, 0.3) is 5.91 Å². The van der Waals surface area contributed by atoms with Crippen LogP contribution < -0.4 is 15.0 Å². The predicted octanol–water partition coefficient (Wildman–Crippen LogP) is 0.554. The average Bonchev–Trinajstić information content (AvgIpc) is 2.68. The summed E-state index contributed by atoms with van der Waals surface area (Å²) >= 11 is 0. The molecular formula is C19H25N3O5. The number of carbonyl (C=O) groups is 3. The van der Waals surface area contributed by atoms with Crippen molar-refractivity contribution in [2.75, 3.05) is 37.7 Å². The molecule has 1 fully saturated rings. The quantitative estimate of drug-likeness (QED) is 0.812. The lowest BCUT2D eigenvalue weighted by atomic mass is 10.1. The number of hydrogen-bond acceptors (Lipinski definition) is 5. The van der Waals surface area contributed by atoms with Crippen molar-refractivity contribution in [3.05, 3.63) is 24.3 Å². The smallest absolute Gasteiger partial charge is 0.267 e. The summed E-state index contributed by atoms with van der Waals surface area (Å²) in [6, 6.07) is 6.64. The lowest BCUT2D eigenvalue weighted by Gasteiger charge is -2.33. The Labute approximate surface area is 158 Å². The topological polar surface area (TPSA) is 88.2 Å². The number of carbonyl (C=O) groups excluding carboxylic acids is 3. The molecule has 0 aromatic heterocycles. The molecule has 27 heavy (non-hydrogen) atoms. The molecule has 2 atom stereocenters. The van der Waals surface area contributed by atoms with E-state index in [4.69, 9.17) is 9.47 Å². The summed E-state index contributed by atoms with van der Waals surface area (Å²) in [7, 11) is 0. The molecule has 1 aromatic rings. The summed E-state index contributed by atoms with van der Waals surface area (Å²) in [6.45, 7) is 5.70. The number of anilines is 1. The molecule has 0 saturated carbocycles. The highest BCUT2D eigenvalue weighted by Crippen LogP contribution is 2.33. The van der Waals surface area contributed by atoms with Crippen molar-refractivity contribution in [1.29, 1.82) is 0 Å². The molecule has 8 heteroatoms. The number of benzene rings is 1. The van der Waals surface area contributed by atoms with Gasteiger partial charge >= 0.3 is 0 Å². The van der Waals surface area contributed by atoms with Crippen LogP contribution in [0.4, 0.5) is 5.69 Å². The van der Waals surface area contributed by atoms with Gasteiger partial charge in [-0.15, -0.1) is 0 Å². The molecule has 1 aromatic carbocycles. The standard InChI is InChI=1S/C19H25N3O5/c1-13(18(24)21-9-11-26-12-10-21)20-17(23)7-8-22-15-5-3-4-6-16(15)27-14(2)19(22)25/h3-6,13-14H,7-12H2,1-2H3,(H,20,23)/t13-,14-/m0/s1. The van der Waals surface area contributed by atoms with Gasteiger partial charge in [-0.2, -0.15) is 0 Å². The Bertz CT molecular complexity index is 717. The van der Waals surface area contributed by atoms with Gasteiger partial charge in [0.1, 0.15) is 11.8 Å². The molecule has 146 valence electrons. The van der Waals surface area contributed by atoms with Gasteiger partial charge in [-0.05, 0) is 26.0 Å². The van der Waals surface area contributed by atoms with E-state index in [1.54, 1.807) is 35.8 Å². The number of fused-ring (bicyclic) bond motifs is 1. The third-order valence-corrected chi connectivity index (χ3v) is 4.71. The van der Waals surface area contributed by atoms with Gasteiger partial charge < -0.3 is 24.6 Å². The van der Waals surface area contributed by atoms with Crippen LogP contribution in [0.15, 0.2) is 24.3 Å². The highest BCUT2D eigenvalue weighted by Gasteiger charge is 2.31. The third kappa shape index (κ3) is 4.39. The highest BCUT2D eigenvalue weighted by atomic mass is 16.5. The van der Waals surface area contributed by atoms with Gasteiger partial charge in [0.15, 0.2) is 6.10 Å². The summed E-state index contributed by atoms with van der Waals surface area (Å²) in [4.78, 5) is 40.4. The minimum Gasteiger partial charge on any atom is -0.479 e. The van der Waals surface area contributed by atoms with E-state index in [2.05, 4.69) is 5.32 Å². The first kappa shape index (κ1) is 19.2. The Hall–Kier alpha value is -2.61. The lowest BCUT2D eigenvalue weighted by Crippen LogP contribution is -2.51. The van der Waals surface area contributed by atoms with Crippen LogP contribution in [-0.2, 0) is 19.1 Å². The SMILES string of the molecule is C[C@H](NC(=O)CCN1C(=O)[C@H](C)Oc2ccccc21)C(=O)N1CCOCC1. The third-order valence-electron chi connectivity index (χ3n) is 4.71. The first-order valence-corrected chi connectivity index (χ1v) is 9.20. The number of morpholine rings is 1. The fourth-order valence-corrected chi connectivity index (χ4v) is 3.24. The van der Waals surface area contributed by atoms with Gasteiger partial charge in [0.2, 0.25) is 11.8 Å². The summed E-state index contributed by atoms with van der Waals surface area (Å²) in [5.74, 6) is 0.0569. The summed E-state index contributed by atoms with van der Waals surface area (Å²) in [5.41, 5.74) is 0.658. The molecule has 1 saturated heterocycles. The molecule has 3 amide bonds. The molecule has 3 rings (SSSR count). The Morgan fingerprint density at radius 1 is 1.26 bits per heavy atom. The predicted molar refractivity (Wildman–Crippen MR) is 98.5 cm³/mol.